The molecule has 0 radical (unpaired) electrons. The fourth-order valence-corrected chi connectivity index (χ4v) is 2.99. The van der Waals surface area contributed by atoms with Crippen LogP contribution in [-0.2, 0) is 6.42 Å². The number of halogens is 1. The Labute approximate surface area is 113 Å². The van der Waals surface area contributed by atoms with Crippen LogP contribution in [-0.4, -0.2) is 30.6 Å². The number of hydrogen-bond donors (Lipinski definition) is 2. The third-order valence-electron chi connectivity index (χ3n) is 3.00. The Kier molecular flexibility index (Phi) is 7.08. The van der Waals surface area contributed by atoms with Crippen LogP contribution in [0.4, 0.5) is 0 Å². The summed E-state index contributed by atoms with van der Waals surface area (Å²) in [7, 11) is 0. The molecule has 0 bridgehead atoms. The minimum Gasteiger partial charge on any atom is -0.304 e. The van der Waals surface area contributed by atoms with Gasteiger partial charge in [0.05, 0.1) is 4.34 Å². The highest BCUT2D eigenvalue weighted by molar-refractivity contribution is 7.16. The zero-order valence-electron chi connectivity index (χ0n) is 10.6. The molecule has 0 aliphatic carbocycles. The minimum absolute atomic E-state index is 0.324. The average Bonchev–Trinajstić information content (AvgIpc) is 2.74. The molecular formula is C12H22ClN3S. The summed E-state index contributed by atoms with van der Waals surface area (Å²) < 4.78 is 0.847. The molecule has 0 aliphatic heterocycles. The van der Waals surface area contributed by atoms with E-state index in [1.807, 2.05) is 6.07 Å². The summed E-state index contributed by atoms with van der Waals surface area (Å²) in [6.45, 7) is 7.65. The summed E-state index contributed by atoms with van der Waals surface area (Å²) in [5, 5.41) is 0. The molecule has 1 aromatic heterocycles. The Morgan fingerprint density at radius 2 is 2.12 bits per heavy atom. The molecule has 1 unspecified atom stereocenters. The first-order chi connectivity index (χ1) is 8.19. The van der Waals surface area contributed by atoms with Crippen molar-refractivity contribution in [3.05, 3.63) is 21.3 Å². The van der Waals surface area contributed by atoms with Crippen LogP contribution in [0.3, 0.4) is 0 Å². The number of nitrogens with one attached hydrogen (secondary N) is 1. The molecule has 0 saturated heterocycles. The largest absolute Gasteiger partial charge is 0.304 e. The molecular weight excluding hydrogens is 254 g/mol. The highest BCUT2D eigenvalue weighted by Crippen LogP contribution is 2.22. The SMILES string of the molecule is CCN(CC)CCC(Cc1ccc(Cl)s1)NN. The van der Waals surface area contributed by atoms with Crippen LogP contribution in [0.15, 0.2) is 12.1 Å². The van der Waals surface area contributed by atoms with E-state index in [4.69, 9.17) is 17.4 Å². The van der Waals surface area contributed by atoms with Gasteiger partial charge in [0, 0.05) is 10.9 Å². The second-order valence-electron chi connectivity index (χ2n) is 4.09. The number of hydrazine groups is 1. The summed E-state index contributed by atoms with van der Waals surface area (Å²) in [6, 6.07) is 4.35. The lowest BCUT2D eigenvalue weighted by molar-refractivity contribution is 0.281. The molecule has 3 N–H and O–H groups in total. The van der Waals surface area contributed by atoms with Crippen molar-refractivity contribution in [3.8, 4) is 0 Å². The van der Waals surface area contributed by atoms with Crippen molar-refractivity contribution in [1.82, 2.24) is 10.3 Å². The van der Waals surface area contributed by atoms with E-state index in [1.165, 1.54) is 4.88 Å². The maximum absolute atomic E-state index is 5.92. The summed E-state index contributed by atoms with van der Waals surface area (Å²) in [6.07, 6.45) is 2.02. The van der Waals surface area contributed by atoms with Gasteiger partial charge < -0.3 is 4.90 Å². The highest BCUT2D eigenvalue weighted by Gasteiger charge is 2.11. The van der Waals surface area contributed by atoms with Crippen molar-refractivity contribution in [3.63, 3.8) is 0 Å². The lowest BCUT2D eigenvalue weighted by atomic mass is 10.1. The van der Waals surface area contributed by atoms with E-state index in [-0.39, 0.29) is 0 Å². The molecule has 0 fully saturated rings. The summed E-state index contributed by atoms with van der Waals surface area (Å²) in [4.78, 5) is 3.70. The van der Waals surface area contributed by atoms with Gasteiger partial charge in [0.2, 0.25) is 0 Å². The molecule has 0 amide bonds. The predicted octanol–water partition coefficient (Wildman–Crippen LogP) is 2.51. The average molecular weight is 276 g/mol. The van der Waals surface area contributed by atoms with Crippen molar-refractivity contribution in [2.45, 2.75) is 32.7 Å². The van der Waals surface area contributed by atoms with E-state index in [1.54, 1.807) is 11.3 Å². The molecule has 5 heteroatoms. The topological polar surface area (TPSA) is 41.3 Å². The van der Waals surface area contributed by atoms with E-state index >= 15 is 0 Å². The Morgan fingerprint density at radius 3 is 2.59 bits per heavy atom. The maximum Gasteiger partial charge on any atom is 0.0931 e. The molecule has 1 rings (SSSR count). The number of nitrogens with zero attached hydrogens (tertiary/aromatic N) is 1. The monoisotopic (exact) mass is 275 g/mol. The number of nitrogens with two attached hydrogens (primary N) is 1. The van der Waals surface area contributed by atoms with E-state index in [0.29, 0.717) is 6.04 Å². The third-order valence-corrected chi connectivity index (χ3v) is 4.25. The smallest absolute Gasteiger partial charge is 0.0931 e. The van der Waals surface area contributed by atoms with Crippen LogP contribution in [0.5, 0.6) is 0 Å². The number of hydrogen-bond acceptors (Lipinski definition) is 4. The van der Waals surface area contributed by atoms with Gasteiger partial charge in [-0.05, 0) is 44.6 Å². The molecule has 1 aromatic rings. The van der Waals surface area contributed by atoms with Crippen LogP contribution in [0.25, 0.3) is 0 Å². The Morgan fingerprint density at radius 1 is 1.41 bits per heavy atom. The van der Waals surface area contributed by atoms with Crippen LogP contribution < -0.4 is 11.3 Å². The standard InChI is InChI=1S/C12H22ClN3S/c1-3-16(4-2)8-7-10(15-14)9-11-5-6-12(13)17-11/h5-6,10,15H,3-4,7-9,14H2,1-2H3. The summed E-state index contributed by atoms with van der Waals surface area (Å²) >= 11 is 7.55. The molecule has 0 saturated carbocycles. The Hall–Kier alpha value is -0.130. The first kappa shape index (κ1) is 14.9. The quantitative estimate of drug-likeness (QED) is 0.566. The Balaban J connectivity index is 2.38. The van der Waals surface area contributed by atoms with Gasteiger partial charge >= 0.3 is 0 Å². The van der Waals surface area contributed by atoms with E-state index < -0.39 is 0 Å². The van der Waals surface area contributed by atoms with Gasteiger partial charge in [-0.15, -0.1) is 11.3 Å². The molecule has 1 heterocycles. The maximum atomic E-state index is 5.92. The van der Waals surface area contributed by atoms with Crippen LogP contribution in [0.1, 0.15) is 25.1 Å². The molecule has 3 nitrogen and oxygen atoms in total. The van der Waals surface area contributed by atoms with Crippen molar-refractivity contribution >= 4 is 22.9 Å². The van der Waals surface area contributed by atoms with Gasteiger partial charge in [0.1, 0.15) is 0 Å². The van der Waals surface area contributed by atoms with Crippen molar-refractivity contribution < 1.29 is 0 Å². The van der Waals surface area contributed by atoms with Gasteiger partial charge in [-0.3, -0.25) is 11.3 Å². The van der Waals surface area contributed by atoms with Gasteiger partial charge in [-0.25, -0.2) is 0 Å². The molecule has 1 atom stereocenters. The van der Waals surface area contributed by atoms with E-state index in [9.17, 15) is 0 Å². The normalized spacial score (nSPS) is 13.2. The van der Waals surface area contributed by atoms with Crippen LogP contribution >= 0.6 is 22.9 Å². The van der Waals surface area contributed by atoms with Gasteiger partial charge in [0.15, 0.2) is 0 Å². The minimum atomic E-state index is 0.324. The van der Waals surface area contributed by atoms with Crippen molar-refractivity contribution in [2.24, 2.45) is 5.84 Å². The fourth-order valence-electron chi connectivity index (χ4n) is 1.83. The Bertz CT molecular complexity index is 312. The van der Waals surface area contributed by atoms with Gasteiger partial charge in [-0.2, -0.15) is 0 Å². The first-order valence-electron chi connectivity index (χ1n) is 6.12. The summed E-state index contributed by atoms with van der Waals surface area (Å²) in [5.74, 6) is 5.60. The molecule has 0 spiro atoms. The zero-order valence-corrected chi connectivity index (χ0v) is 12.2. The van der Waals surface area contributed by atoms with E-state index in [0.717, 1.165) is 36.8 Å². The second-order valence-corrected chi connectivity index (χ2v) is 5.89. The number of thiophene rings is 1. The molecule has 17 heavy (non-hydrogen) atoms. The van der Waals surface area contributed by atoms with Crippen LogP contribution in [0, 0.1) is 0 Å². The second kappa shape index (κ2) is 8.06. The predicted molar refractivity (Wildman–Crippen MR) is 76.5 cm³/mol. The van der Waals surface area contributed by atoms with E-state index in [2.05, 4.69) is 30.2 Å². The fraction of sp³-hybridized carbons (Fsp3) is 0.667. The highest BCUT2D eigenvalue weighted by atomic mass is 35.5. The molecule has 98 valence electrons. The van der Waals surface area contributed by atoms with Gasteiger partial charge in [-0.1, -0.05) is 25.4 Å². The summed E-state index contributed by atoms with van der Waals surface area (Å²) in [5.41, 5.74) is 2.90. The van der Waals surface area contributed by atoms with Gasteiger partial charge in [0.25, 0.3) is 0 Å². The van der Waals surface area contributed by atoms with Crippen molar-refractivity contribution in [2.75, 3.05) is 19.6 Å². The lowest BCUT2D eigenvalue weighted by Gasteiger charge is -2.22. The van der Waals surface area contributed by atoms with Crippen molar-refractivity contribution in [1.29, 1.82) is 0 Å². The van der Waals surface area contributed by atoms with Crippen LogP contribution in [0.2, 0.25) is 4.34 Å². The molecule has 0 aliphatic rings. The molecule has 0 aromatic carbocycles. The lowest BCUT2D eigenvalue weighted by Crippen LogP contribution is -2.39. The first-order valence-corrected chi connectivity index (χ1v) is 7.31. The number of rotatable bonds is 8. The zero-order chi connectivity index (χ0) is 12.7. The third kappa shape index (κ3) is 5.36.